The molecule has 6 heteroatoms. The van der Waals surface area contributed by atoms with E-state index in [4.69, 9.17) is 9.47 Å². The summed E-state index contributed by atoms with van der Waals surface area (Å²) in [6.45, 7) is 10.8. The van der Waals surface area contributed by atoms with Crippen molar-refractivity contribution in [3.63, 3.8) is 0 Å². The minimum absolute atomic E-state index is 0.222. The van der Waals surface area contributed by atoms with E-state index in [1.54, 1.807) is 13.8 Å². The van der Waals surface area contributed by atoms with Crippen molar-refractivity contribution in [1.29, 1.82) is 0 Å². The highest BCUT2D eigenvalue weighted by atomic mass is 28.3. The molecular weight excluding hydrogens is 454 g/mol. The third-order valence-electron chi connectivity index (χ3n) is 5.56. The summed E-state index contributed by atoms with van der Waals surface area (Å²) in [5.41, 5.74) is 3.46. The fourth-order valence-electron chi connectivity index (χ4n) is 3.71. The van der Waals surface area contributed by atoms with Gasteiger partial charge in [-0.05, 0) is 37.6 Å². The van der Waals surface area contributed by atoms with Crippen LogP contribution in [0, 0.1) is 17.8 Å². The molecule has 182 valence electrons. The Morgan fingerprint density at radius 1 is 0.914 bits per heavy atom. The van der Waals surface area contributed by atoms with E-state index in [1.165, 1.54) is 0 Å². The van der Waals surface area contributed by atoms with Gasteiger partial charge < -0.3 is 14.8 Å². The number of hydrogen-bond donors (Lipinski definition) is 1. The Kier molecular flexibility index (Phi) is 8.72. The Hall–Kier alpha value is -3.56. The van der Waals surface area contributed by atoms with Crippen molar-refractivity contribution in [1.82, 2.24) is 5.32 Å². The number of carbonyl (C=O) groups is 2. The van der Waals surface area contributed by atoms with Crippen LogP contribution in [0.5, 0.6) is 0 Å². The zero-order chi connectivity index (χ0) is 25.4. The second-order valence-corrected chi connectivity index (χ2v) is 15.2. The van der Waals surface area contributed by atoms with Crippen LogP contribution in [0.2, 0.25) is 25.7 Å². The van der Waals surface area contributed by atoms with Gasteiger partial charge in [-0.1, -0.05) is 80.0 Å². The molecule has 0 saturated carbocycles. The molecule has 1 aliphatic rings. The van der Waals surface area contributed by atoms with Gasteiger partial charge >= 0.3 is 11.9 Å². The van der Waals surface area contributed by atoms with Gasteiger partial charge in [-0.25, -0.2) is 9.59 Å². The van der Waals surface area contributed by atoms with Crippen molar-refractivity contribution in [2.45, 2.75) is 39.5 Å². The molecule has 3 rings (SSSR count). The summed E-state index contributed by atoms with van der Waals surface area (Å²) in [5, 5.41) is 3.29. The SMILES string of the molecule is CCOC(=O)C1=C(C)NC(c2ccccc2)=C(C(=O)OCC[Si](C)(C)C)C1C#Cc1ccccc1. The largest absolute Gasteiger partial charge is 0.463 e. The van der Waals surface area contributed by atoms with Gasteiger partial charge in [0, 0.05) is 19.3 Å². The molecule has 0 spiro atoms. The molecule has 0 fully saturated rings. The average molecular weight is 488 g/mol. The van der Waals surface area contributed by atoms with Gasteiger partial charge in [0.15, 0.2) is 0 Å². The zero-order valence-electron chi connectivity index (χ0n) is 21.1. The monoisotopic (exact) mass is 487 g/mol. The fraction of sp³-hybridized carbons (Fsp3) is 0.310. The van der Waals surface area contributed by atoms with Crippen molar-refractivity contribution in [2.75, 3.05) is 13.2 Å². The van der Waals surface area contributed by atoms with Gasteiger partial charge in [0.25, 0.3) is 0 Å². The van der Waals surface area contributed by atoms with Crippen LogP contribution < -0.4 is 5.32 Å². The van der Waals surface area contributed by atoms with E-state index in [9.17, 15) is 9.59 Å². The lowest BCUT2D eigenvalue weighted by molar-refractivity contribution is -0.139. The van der Waals surface area contributed by atoms with Crippen LogP contribution in [-0.2, 0) is 19.1 Å². The van der Waals surface area contributed by atoms with Crippen molar-refractivity contribution in [2.24, 2.45) is 5.92 Å². The Morgan fingerprint density at radius 3 is 2.11 bits per heavy atom. The highest BCUT2D eigenvalue weighted by Crippen LogP contribution is 2.35. The van der Waals surface area contributed by atoms with E-state index in [1.807, 2.05) is 60.7 Å². The second-order valence-electron chi connectivity index (χ2n) is 9.55. The lowest BCUT2D eigenvalue weighted by atomic mass is 9.84. The molecule has 1 heterocycles. The molecule has 1 N–H and O–H groups in total. The minimum Gasteiger partial charge on any atom is -0.463 e. The van der Waals surface area contributed by atoms with Gasteiger partial charge in [-0.3, -0.25) is 0 Å². The lowest BCUT2D eigenvalue weighted by Crippen LogP contribution is -2.33. The highest BCUT2D eigenvalue weighted by molar-refractivity contribution is 6.76. The molecule has 35 heavy (non-hydrogen) atoms. The first-order valence-electron chi connectivity index (χ1n) is 11.9. The maximum atomic E-state index is 13.6. The van der Waals surface area contributed by atoms with Crippen LogP contribution in [0.25, 0.3) is 5.70 Å². The number of rotatable bonds is 7. The fourth-order valence-corrected chi connectivity index (χ4v) is 4.42. The molecule has 1 aliphatic heterocycles. The Balaban J connectivity index is 2.14. The minimum atomic E-state index is -1.40. The first kappa shape index (κ1) is 26.0. The van der Waals surface area contributed by atoms with Crippen LogP contribution in [0.1, 0.15) is 25.0 Å². The Bertz CT molecular complexity index is 1180. The molecular formula is C29H33NO4Si. The maximum Gasteiger partial charge on any atom is 0.337 e. The molecule has 2 aromatic rings. The van der Waals surface area contributed by atoms with Crippen LogP contribution in [-0.4, -0.2) is 33.2 Å². The van der Waals surface area contributed by atoms with Gasteiger partial charge in [0.2, 0.25) is 0 Å². The van der Waals surface area contributed by atoms with E-state index in [-0.39, 0.29) is 6.61 Å². The van der Waals surface area contributed by atoms with Crippen LogP contribution in [0.15, 0.2) is 77.5 Å². The van der Waals surface area contributed by atoms with Gasteiger partial charge in [-0.15, -0.1) is 0 Å². The number of benzene rings is 2. The van der Waals surface area contributed by atoms with Crippen molar-refractivity contribution in [3.8, 4) is 11.8 Å². The average Bonchev–Trinajstić information content (AvgIpc) is 2.82. The summed E-state index contributed by atoms with van der Waals surface area (Å²) in [6.07, 6.45) is 0. The van der Waals surface area contributed by atoms with E-state index >= 15 is 0 Å². The first-order valence-corrected chi connectivity index (χ1v) is 15.6. The summed E-state index contributed by atoms with van der Waals surface area (Å²) in [7, 11) is -1.40. The first-order chi connectivity index (χ1) is 16.7. The normalized spacial score (nSPS) is 15.6. The lowest BCUT2D eigenvalue weighted by Gasteiger charge is -2.29. The van der Waals surface area contributed by atoms with Crippen LogP contribution >= 0.6 is 0 Å². The maximum absolute atomic E-state index is 13.6. The summed E-state index contributed by atoms with van der Waals surface area (Å²) >= 11 is 0. The van der Waals surface area contributed by atoms with E-state index in [0.717, 1.165) is 17.2 Å². The summed E-state index contributed by atoms with van der Waals surface area (Å²) in [6, 6.07) is 19.9. The number of esters is 2. The summed E-state index contributed by atoms with van der Waals surface area (Å²) < 4.78 is 11.1. The summed E-state index contributed by atoms with van der Waals surface area (Å²) in [5.74, 6) is 4.57. The number of allylic oxidation sites excluding steroid dienone is 1. The zero-order valence-corrected chi connectivity index (χ0v) is 22.1. The number of hydrogen-bond acceptors (Lipinski definition) is 5. The molecule has 0 aromatic heterocycles. The van der Waals surface area contributed by atoms with E-state index in [2.05, 4.69) is 36.8 Å². The second kappa shape index (κ2) is 11.7. The smallest absolute Gasteiger partial charge is 0.337 e. The number of carbonyl (C=O) groups excluding carboxylic acids is 2. The standard InChI is InChI=1S/C29H33NO4Si/c1-6-33-28(31)25-21(2)30-27(23-15-11-8-12-16-23)26(29(32)34-19-20-35(3,4)5)24(25)18-17-22-13-9-7-10-14-22/h7-16,24,30H,6,19-20H2,1-5H3. The van der Waals surface area contributed by atoms with Crippen molar-refractivity contribution in [3.05, 3.63) is 88.6 Å². The molecule has 1 atom stereocenters. The van der Waals surface area contributed by atoms with Gasteiger partial charge in [-0.2, -0.15) is 0 Å². The quantitative estimate of drug-likeness (QED) is 0.322. The molecule has 0 aliphatic carbocycles. The molecule has 5 nitrogen and oxygen atoms in total. The predicted octanol–water partition coefficient (Wildman–Crippen LogP) is 5.39. The third kappa shape index (κ3) is 6.97. The topological polar surface area (TPSA) is 64.6 Å². The number of dihydropyridines is 1. The van der Waals surface area contributed by atoms with Gasteiger partial charge in [0.05, 0.1) is 36.0 Å². The number of nitrogens with one attached hydrogen (secondary N) is 1. The predicted molar refractivity (Wildman–Crippen MR) is 142 cm³/mol. The molecule has 2 aromatic carbocycles. The molecule has 0 radical (unpaired) electrons. The molecule has 0 saturated heterocycles. The Labute approximate surface area is 209 Å². The molecule has 0 bridgehead atoms. The molecule has 1 unspecified atom stereocenters. The van der Waals surface area contributed by atoms with Gasteiger partial charge in [0.1, 0.15) is 0 Å². The van der Waals surface area contributed by atoms with E-state index < -0.39 is 25.9 Å². The van der Waals surface area contributed by atoms with Crippen LogP contribution in [0.4, 0.5) is 0 Å². The third-order valence-corrected chi connectivity index (χ3v) is 7.26. The Morgan fingerprint density at radius 2 is 1.51 bits per heavy atom. The highest BCUT2D eigenvalue weighted by Gasteiger charge is 2.37. The summed E-state index contributed by atoms with van der Waals surface area (Å²) in [4.78, 5) is 26.6. The van der Waals surface area contributed by atoms with Crippen LogP contribution in [0.3, 0.4) is 0 Å². The van der Waals surface area contributed by atoms with Crippen molar-refractivity contribution >= 4 is 25.7 Å². The molecule has 0 amide bonds. The van der Waals surface area contributed by atoms with E-state index in [0.29, 0.717) is 29.1 Å². The number of ether oxygens (including phenoxy) is 2. The van der Waals surface area contributed by atoms with Crippen molar-refractivity contribution < 1.29 is 19.1 Å².